The van der Waals surface area contributed by atoms with Gasteiger partial charge in [-0.1, -0.05) is 22.0 Å². The molecular weight excluding hydrogens is 335 g/mol. The highest BCUT2D eigenvalue weighted by atomic mass is 79.9. The summed E-state index contributed by atoms with van der Waals surface area (Å²) in [6.07, 6.45) is 2.51. The number of aromatic nitrogens is 1. The molecule has 1 aromatic heterocycles. The third-order valence-electron chi connectivity index (χ3n) is 3.28. The Morgan fingerprint density at radius 3 is 2.86 bits per heavy atom. The van der Waals surface area contributed by atoms with Gasteiger partial charge in [-0.3, -0.25) is 4.98 Å². The summed E-state index contributed by atoms with van der Waals surface area (Å²) in [5, 5.41) is 3.42. The van der Waals surface area contributed by atoms with Crippen LogP contribution in [-0.4, -0.2) is 11.0 Å². The maximum absolute atomic E-state index is 13.6. The topological polar surface area (TPSA) is 34.1 Å². The molecule has 0 spiro atoms. The second-order valence-electron chi connectivity index (χ2n) is 5.14. The van der Waals surface area contributed by atoms with Crippen molar-refractivity contribution in [2.75, 3.05) is 0 Å². The van der Waals surface area contributed by atoms with Gasteiger partial charge < -0.3 is 10.1 Å². The number of halogens is 2. The van der Waals surface area contributed by atoms with E-state index in [1.807, 2.05) is 18.2 Å². The summed E-state index contributed by atoms with van der Waals surface area (Å²) in [6, 6.07) is 11.1. The Kier molecular flexibility index (Phi) is 4.51. The van der Waals surface area contributed by atoms with Gasteiger partial charge in [0.1, 0.15) is 6.61 Å². The van der Waals surface area contributed by atoms with Gasteiger partial charge in [0.05, 0.1) is 11.4 Å². The fourth-order valence-corrected chi connectivity index (χ4v) is 2.32. The molecule has 1 fully saturated rings. The highest BCUT2D eigenvalue weighted by Crippen LogP contribution is 2.23. The summed E-state index contributed by atoms with van der Waals surface area (Å²) in [5.41, 5.74) is 1.78. The Morgan fingerprint density at radius 2 is 2.05 bits per heavy atom. The fraction of sp³-hybridized carbons (Fsp3) is 0.312. The Bertz CT molecular complexity index is 631. The van der Waals surface area contributed by atoms with Crippen molar-refractivity contribution in [1.82, 2.24) is 10.3 Å². The van der Waals surface area contributed by atoms with Gasteiger partial charge in [0, 0.05) is 17.1 Å². The van der Waals surface area contributed by atoms with Crippen LogP contribution in [0.5, 0.6) is 5.75 Å². The molecular formula is C16H16BrFN2O. The molecule has 1 aliphatic carbocycles. The lowest BCUT2D eigenvalue weighted by atomic mass is 10.3. The molecule has 110 valence electrons. The number of benzene rings is 1. The monoisotopic (exact) mass is 350 g/mol. The van der Waals surface area contributed by atoms with Crippen molar-refractivity contribution in [2.24, 2.45) is 0 Å². The van der Waals surface area contributed by atoms with E-state index in [1.54, 1.807) is 12.1 Å². The molecule has 3 nitrogen and oxygen atoms in total. The molecule has 0 aliphatic heterocycles. The van der Waals surface area contributed by atoms with Crippen LogP contribution in [-0.2, 0) is 13.2 Å². The first-order valence-corrected chi connectivity index (χ1v) is 7.76. The summed E-state index contributed by atoms with van der Waals surface area (Å²) in [4.78, 5) is 4.52. The molecule has 0 saturated heterocycles. The maximum atomic E-state index is 13.6. The number of nitrogens with one attached hydrogen (secondary N) is 1. The molecule has 0 unspecified atom stereocenters. The van der Waals surface area contributed by atoms with Crippen LogP contribution < -0.4 is 10.1 Å². The molecule has 0 radical (unpaired) electrons. The van der Waals surface area contributed by atoms with Crippen molar-refractivity contribution in [3.05, 3.63) is 58.1 Å². The Hall–Kier alpha value is -1.46. The van der Waals surface area contributed by atoms with Crippen LogP contribution in [0.1, 0.15) is 24.2 Å². The van der Waals surface area contributed by atoms with Crippen molar-refractivity contribution < 1.29 is 9.13 Å². The van der Waals surface area contributed by atoms with Gasteiger partial charge in [-0.2, -0.15) is 0 Å². The van der Waals surface area contributed by atoms with E-state index in [2.05, 4.69) is 26.2 Å². The number of ether oxygens (including phenoxy) is 1. The van der Waals surface area contributed by atoms with Gasteiger partial charge in [0.15, 0.2) is 11.6 Å². The van der Waals surface area contributed by atoms with Gasteiger partial charge >= 0.3 is 0 Å². The first-order chi connectivity index (χ1) is 10.2. The first-order valence-electron chi connectivity index (χ1n) is 6.97. The lowest BCUT2D eigenvalue weighted by Gasteiger charge is -2.09. The van der Waals surface area contributed by atoms with Gasteiger partial charge in [-0.25, -0.2) is 4.39 Å². The van der Waals surface area contributed by atoms with E-state index in [-0.39, 0.29) is 18.2 Å². The molecule has 1 aromatic carbocycles. The van der Waals surface area contributed by atoms with Crippen LogP contribution in [0.2, 0.25) is 0 Å². The summed E-state index contributed by atoms with van der Waals surface area (Å²) in [5.74, 6) is -0.141. The number of nitrogens with zero attached hydrogens (tertiary/aromatic N) is 1. The Morgan fingerprint density at radius 1 is 1.24 bits per heavy atom. The molecule has 2 aromatic rings. The van der Waals surface area contributed by atoms with Crippen molar-refractivity contribution in [1.29, 1.82) is 0 Å². The predicted molar refractivity (Wildman–Crippen MR) is 82.5 cm³/mol. The van der Waals surface area contributed by atoms with E-state index in [0.717, 1.165) is 22.4 Å². The number of hydrogen-bond acceptors (Lipinski definition) is 3. The number of pyridine rings is 1. The van der Waals surface area contributed by atoms with Gasteiger partial charge in [-0.05, 0) is 43.2 Å². The second kappa shape index (κ2) is 6.54. The minimum atomic E-state index is -0.371. The van der Waals surface area contributed by atoms with Crippen LogP contribution in [0.25, 0.3) is 0 Å². The average Bonchev–Trinajstić information content (AvgIpc) is 3.31. The second-order valence-corrected chi connectivity index (χ2v) is 6.05. The molecule has 21 heavy (non-hydrogen) atoms. The van der Waals surface area contributed by atoms with E-state index < -0.39 is 0 Å². The smallest absolute Gasteiger partial charge is 0.165 e. The molecule has 3 rings (SSSR count). The van der Waals surface area contributed by atoms with Crippen molar-refractivity contribution in [2.45, 2.75) is 32.0 Å². The Labute approximate surface area is 131 Å². The summed E-state index contributed by atoms with van der Waals surface area (Å²) in [7, 11) is 0. The molecule has 0 bridgehead atoms. The summed E-state index contributed by atoms with van der Waals surface area (Å²) in [6.45, 7) is 1.02. The molecule has 0 atom stereocenters. The zero-order valence-corrected chi connectivity index (χ0v) is 13.1. The van der Waals surface area contributed by atoms with Gasteiger partial charge in [0.2, 0.25) is 0 Å². The lowest BCUT2D eigenvalue weighted by molar-refractivity contribution is 0.285. The molecule has 0 amide bonds. The predicted octanol–water partition coefficient (Wildman–Crippen LogP) is 3.81. The largest absolute Gasteiger partial charge is 0.484 e. The van der Waals surface area contributed by atoms with E-state index in [4.69, 9.17) is 4.74 Å². The molecule has 1 heterocycles. The maximum Gasteiger partial charge on any atom is 0.165 e. The summed E-state index contributed by atoms with van der Waals surface area (Å²) >= 11 is 3.30. The Balaban J connectivity index is 1.61. The summed E-state index contributed by atoms with van der Waals surface area (Å²) < 4.78 is 19.9. The highest BCUT2D eigenvalue weighted by Gasteiger charge is 2.20. The van der Waals surface area contributed by atoms with E-state index in [9.17, 15) is 4.39 Å². The number of hydrogen-bond donors (Lipinski definition) is 1. The highest BCUT2D eigenvalue weighted by molar-refractivity contribution is 9.10. The third-order valence-corrected chi connectivity index (χ3v) is 3.78. The van der Waals surface area contributed by atoms with Crippen LogP contribution in [0.15, 0.2) is 40.9 Å². The minimum absolute atomic E-state index is 0.229. The molecule has 1 N–H and O–H groups in total. The van der Waals surface area contributed by atoms with Crippen molar-refractivity contribution >= 4 is 15.9 Å². The minimum Gasteiger partial charge on any atom is -0.484 e. The standard InChI is InChI=1S/C16H16BrFN2O/c17-11-4-7-15(18)16(8-11)21-10-14-3-1-2-13(20-14)9-19-12-5-6-12/h1-4,7-8,12,19H,5-6,9-10H2. The zero-order valence-electron chi connectivity index (χ0n) is 11.5. The third kappa shape index (κ3) is 4.25. The van der Waals surface area contributed by atoms with Crippen LogP contribution in [0.4, 0.5) is 4.39 Å². The average molecular weight is 351 g/mol. The van der Waals surface area contributed by atoms with Crippen LogP contribution >= 0.6 is 15.9 Å². The SMILES string of the molecule is Fc1ccc(Br)cc1OCc1cccc(CNC2CC2)n1. The molecule has 1 saturated carbocycles. The van der Waals surface area contributed by atoms with Gasteiger partial charge in [0.25, 0.3) is 0 Å². The quantitative estimate of drug-likeness (QED) is 0.859. The molecule has 5 heteroatoms. The zero-order chi connectivity index (χ0) is 14.7. The fourth-order valence-electron chi connectivity index (χ4n) is 1.98. The van der Waals surface area contributed by atoms with Crippen LogP contribution in [0, 0.1) is 5.82 Å². The van der Waals surface area contributed by atoms with Crippen LogP contribution in [0.3, 0.4) is 0 Å². The van der Waals surface area contributed by atoms with Gasteiger partial charge in [-0.15, -0.1) is 0 Å². The van der Waals surface area contributed by atoms with E-state index in [0.29, 0.717) is 6.04 Å². The van der Waals surface area contributed by atoms with Crippen molar-refractivity contribution in [3.8, 4) is 5.75 Å². The van der Waals surface area contributed by atoms with Crippen molar-refractivity contribution in [3.63, 3.8) is 0 Å². The normalized spacial score (nSPS) is 14.2. The first kappa shape index (κ1) is 14.5. The number of rotatable bonds is 6. The molecule has 1 aliphatic rings. The lowest BCUT2D eigenvalue weighted by Crippen LogP contribution is -2.16. The van der Waals surface area contributed by atoms with E-state index in [1.165, 1.54) is 18.9 Å². The van der Waals surface area contributed by atoms with E-state index >= 15 is 0 Å².